The van der Waals surface area contributed by atoms with Gasteiger partial charge in [-0.1, -0.05) is 43.3 Å². The Morgan fingerprint density at radius 1 is 1.13 bits per heavy atom. The molecule has 6 heterocycles. The summed E-state index contributed by atoms with van der Waals surface area (Å²) >= 11 is 0. The Morgan fingerprint density at radius 2 is 1.95 bits per heavy atom. The van der Waals surface area contributed by atoms with Crippen LogP contribution in [0.1, 0.15) is 94.9 Å². The van der Waals surface area contributed by atoms with Crippen LogP contribution in [-0.4, -0.2) is 109 Å². The Hall–Kier alpha value is -5.67. The van der Waals surface area contributed by atoms with E-state index in [0.29, 0.717) is 52.3 Å². The van der Waals surface area contributed by atoms with E-state index in [0.717, 1.165) is 79.6 Å². The Balaban J connectivity index is 0.930. The van der Waals surface area contributed by atoms with Crippen molar-refractivity contribution in [3.05, 3.63) is 81.9 Å². The first-order chi connectivity index (χ1) is 30.0. The molecule has 1 aliphatic carbocycles. The van der Waals surface area contributed by atoms with E-state index >= 15 is 4.39 Å². The van der Waals surface area contributed by atoms with Crippen molar-refractivity contribution in [2.45, 2.75) is 109 Å². The number of methoxy groups -OCH3 is 1. The minimum Gasteiger partial charge on any atom is -0.505 e. The second kappa shape index (κ2) is 17.6. The molecule has 15 heteroatoms. The van der Waals surface area contributed by atoms with Gasteiger partial charge < -0.3 is 29.7 Å². The lowest BCUT2D eigenvalue weighted by atomic mass is 9.97. The zero-order valence-corrected chi connectivity index (χ0v) is 36.2. The fourth-order valence-electron chi connectivity index (χ4n) is 9.28. The van der Waals surface area contributed by atoms with Gasteiger partial charge in [-0.3, -0.25) is 9.89 Å². The molecule has 3 aromatic heterocycles. The number of carbonyl (C=O) groups is 1. The number of allylic oxidation sites excluding steroid dienone is 2. The highest BCUT2D eigenvalue weighted by atomic mass is 19.1. The van der Waals surface area contributed by atoms with Crippen LogP contribution in [0.15, 0.2) is 54.6 Å². The van der Waals surface area contributed by atoms with Crippen LogP contribution >= 0.6 is 0 Å². The van der Waals surface area contributed by atoms with E-state index in [1.807, 2.05) is 62.2 Å². The molecule has 1 amide bonds. The molecule has 3 saturated heterocycles. The maximum atomic E-state index is 15.5. The number of carbonyl (C=O) groups excluding carboxylic acids is 1. The third-order valence-electron chi connectivity index (χ3n) is 13.0. The normalized spacial score (nSPS) is 21.9. The lowest BCUT2D eigenvalue weighted by Gasteiger charge is -2.30. The van der Waals surface area contributed by atoms with Crippen LogP contribution in [-0.2, 0) is 16.0 Å². The molecule has 2 bridgehead atoms. The number of H-pyrrole nitrogens is 1. The van der Waals surface area contributed by atoms with Crippen LogP contribution in [0.5, 0.6) is 11.8 Å². The van der Waals surface area contributed by atoms with Gasteiger partial charge in [-0.25, -0.2) is 9.07 Å². The van der Waals surface area contributed by atoms with Gasteiger partial charge in [0.15, 0.2) is 0 Å². The molecule has 0 spiro atoms. The number of nitrogens with one attached hydrogen (secondary N) is 2. The Morgan fingerprint density at radius 3 is 2.65 bits per heavy atom. The molecule has 62 heavy (non-hydrogen) atoms. The van der Waals surface area contributed by atoms with Gasteiger partial charge in [-0.15, -0.1) is 5.10 Å². The van der Waals surface area contributed by atoms with Gasteiger partial charge in [-0.05, 0) is 106 Å². The standard InChI is InChI=1S/C47H57FN10O4/c1-27(2)43(46(60)56-17-7-8-28(56)3)58-25-41(54-55-58)32-13-11-30(12-14-32)9-6-10-34(48)19-40-33(22-50-53-40)18-38-37(31-15-16-31)21-39-42(44(38)59)51-47(62-26-29(4)61-5)52-45(39)57-24-35-20-36(57)23-49-35/h10-14,18-19,21-22,25,27-29,31,35-36,43,49,53,59H,6-9,15-17,20,23-24,26H2,1-5H3/b33-18+,34-10-,40-19+/t28-,29+,35+,36+,43?/m1/s1. The quantitative estimate of drug-likeness (QED) is 0.123. The second-order valence-electron chi connectivity index (χ2n) is 17.9. The van der Waals surface area contributed by atoms with Gasteiger partial charge in [0, 0.05) is 66.6 Å². The summed E-state index contributed by atoms with van der Waals surface area (Å²) in [6, 6.07) is 10.9. The van der Waals surface area contributed by atoms with Gasteiger partial charge in [0.2, 0.25) is 5.91 Å². The number of phenols is 1. The summed E-state index contributed by atoms with van der Waals surface area (Å²) in [5, 5.41) is 33.6. The number of hydrogen-bond donors (Lipinski definition) is 3. The van der Waals surface area contributed by atoms with Crippen molar-refractivity contribution < 1.29 is 23.8 Å². The summed E-state index contributed by atoms with van der Waals surface area (Å²) in [5.41, 5.74) is 4.74. The molecule has 5 atom stereocenters. The minimum atomic E-state index is -0.405. The van der Waals surface area contributed by atoms with Gasteiger partial charge in [0.05, 0.1) is 23.8 Å². The van der Waals surface area contributed by atoms with Crippen molar-refractivity contribution >= 4 is 34.8 Å². The highest BCUT2D eigenvalue weighted by molar-refractivity contribution is 5.97. The first-order valence-corrected chi connectivity index (χ1v) is 22.2. The van der Waals surface area contributed by atoms with E-state index in [2.05, 4.69) is 43.7 Å². The van der Waals surface area contributed by atoms with E-state index in [9.17, 15) is 9.90 Å². The average molecular weight is 845 g/mol. The molecule has 326 valence electrons. The zero-order valence-electron chi connectivity index (χ0n) is 36.2. The highest BCUT2D eigenvalue weighted by Gasteiger charge is 2.40. The number of fused-ring (bicyclic) bond motifs is 3. The second-order valence-corrected chi connectivity index (χ2v) is 17.9. The predicted molar refractivity (Wildman–Crippen MR) is 236 cm³/mol. The smallest absolute Gasteiger partial charge is 0.319 e. The van der Waals surface area contributed by atoms with Gasteiger partial charge >= 0.3 is 6.01 Å². The molecule has 2 aromatic carbocycles. The van der Waals surface area contributed by atoms with E-state index in [4.69, 9.17) is 19.4 Å². The summed E-state index contributed by atoms with van der Waals surface area (Å²) in [5.74, 6) is 0.879. The Bertz CT molecular complexity index is 2580. The van der Waals surface area contributed by atoms with Crippen LogP contribution in [0.25, 0.3) is 34.3 Å². The topological polar surface area (TPSA) is 159 Å². The maximum Gasteiger partial charge on any atom is 0.319 e. The van der Waals surface area contributed by atoms with Gasteiger partial charge in [0.1, 0.15) is 41.3 Å². The van der Waals surface area contributed by atoms with Gasteiger partial charge in [0.25, 0.3) is 0 Å². The predicted octanol–water partition coefficient (Wildman–Crippen LogP) is 5.46. The van der Waals surface area contributed by atoms with Crippen LogP contribution in [0.3, 0.4) is 0 Å². The number of hydrogen-bond acceptors (Lipinski definition) is 11. The number of rotatable bonds is 15. The van der Waals surface area contributed by atoms with Crippen LogP contribution in [0.2, 0.25) is 0 Å². The number of aryl methyl sites for hydroxylation is 1. The van der Waals surface area contributed by atoms with Gasteiger partial charge in [-0.2, -0.15) is 15.1 Å². The summed E-state index contributed by atoms with van der Waals surface area (Å²) in [7, 11) is 1.63. The molecule has 1 saturated carbocycles. The summed E-state index contributed by atoms with van der Waals surface area (Å²) in [6.07, 6.45) is 14.5. The van der Waals surface area contributed by atoms with Crippen molar-refractivity contribution in [2.24, 2.45) is 5.92 Å². The first kappa shape index (κ1) is 41.7. The van der Waals surface area contributed by atoms with Crippen molar-refractivity contribution in [1.29, 1.82) is 0 Å². The number of nitrogens with zero attached hydrogens (tertiary/aromatic N) is 8. The minimum absolute atomic E-state index is 0.0426. The molecule has 3 N–H and O–H groups in total. The van der Waals surface area contributed by atoms with Crippen LogP contribution < -0.4 is 25.5 Å². The monoisotopic (exact) mass is 844 g/mol. The number of benzene rings is 2. The number of likely N-dealkylation sites (tertiary alicyclic amines) is 1. The van der Waals surface area contributed by atoms with Crippen LogP contribution in [0.4, 0.5) is 10.2 Å². The van der Waals surface area contributed by atoms with E-state index in [-0.39, 0.29) is 48.3 Å². The summed E-state index contributed by atoms with van der Waals surface area (Å²) in [6.45, 7) is 10.9. The molecule has 0 radical (unpaired) electrons. The van der Waals surface area contributed by atoms with Crippen molar-refractivity contribution in [3.63, 3.8) is 0 Å². The molecular formula is C47H57FN10O4. The van der Waals surface area contributed by atoms with Crippen molar-refractivity contribution in [2.75, 3.05) is 38.3 Å². The number of aromatic amines is 1. The van der Waals surface area contributed by atoms with Crippen molar-refractivity contribution in [1.82, 2.24) is 45.4 Å². The molecule has 4 aliphatic rings. The number of piperazine rings is 1. The lowest BCUT2D eigenvalue weighted by molar-refractivity contribution is -0.137. The zero-order chi connectivity index (χ0) is 43.1. The Labute approximate surface area is 360 Å². The number of aromatic nitrogens is 7. The molecule has 1 unspecified atom stereocenters. The molecule has 9 rings (SSSR count). The maximum absolute atomic E-state index is 15.5. The average Bonchev–Trinajstić information content (AvgIpc) is 3.77. The lowest BCUT2D eigenvalue weighted by Crippen LogP contribution is -2.44. The van der Waals surface area contributed by atoms with E-state index < -0.39 is 11.9 Å². The molecule has 3 aliphatic heterocycles. The number of halogens is 1. The number of aromatic hydroxyl groups is 1. The number of amides is 1. The fraction of sp³-hybridized carbons (Fsp3) is 0.489. The first-order valence-electron chi connectivity index (χ1n) is 22.2. The molecule has 5 aromatic rings. The third-order valence-corrected chi connectivity index (χ3v) is 13.0. The summed E-state index contributed by atoms with van der Waals surface area (Å²) < 4.78 is 28.7. The third kappa shape index (κ3) is 8.56. The number of anilines is 1. The van der Waals surface area contributed by atoms with E-state index in [1.54, 1.807) is 24.1 Å². The largest absolute Gasteiger partial charge is 0.505 e. The van der Waals surface area contributed by atoms with E-state index in [1.165, 1.54) is 6.08 Å². The highest BCUT2D eigenvalue weighted by Crippen LogP contribution is 2.48. The number of phenolic OH excluding ortho intramolecular Hbond substituents is 1. The SMILES string of the molecule is CO[C@@H](C)COc1nc(N2C[C@@H]3C[C@H]2CN3)c2cc(C3CC3)c(\C=c3/cn[nH]/c3=C/C(F)=C/CCc3ccc(-c4cn(C(C(=O)N5CCC[C@H]5C)C(C)C)nn4)cc3)c(O)c2n1. The number of ether oxygens (including phenoxy) is 2. The molecule has 14 nitrogen and oxygen atoms in total. The fourth-order valence-corrected chi connectivity index (χ4v) is 9.28. The van der Waals surface area contributed by atoms with Crippen LogP contribution in [0, 0.1) is 5.92 Å². The Kier molecular flexibility index (Phi) is 11.8. The molecular weight excluding hydrogens is 788 g/mol. The molecule has 4 fully saturated rings. The van der Waals surface area contributed by atoms with Crippen molar-refractivity contribution in [3.8, 4) is 23.0 Å². The summed E-state index contributed by atoms with van der Waals surface area (Å²) in [4.78, 5) is 27.4.